The van der Waals surface area contributed by atoms with Crippen molar-refractivity contribution < 1.29 is 14.0 Å². The number of imidazole rings is 1. The van der Waals surface area contributed by atoms with Gasteiger partial charge in [-0.1, -0.05) is 39.0 Å². The van der Waals surface area contributed by atoms with Crippen molar-refractivity contribution >= 4 is 31.2 Å². The zero-order valence-electron chi connectivity index (χ0n) is 19.1. The van der Waals surface area contributed by atoms with Crippen LogP contribution < -0.4 is 5.32 Å². The van der Waals surface area contributed by atoms with Crippen molar-refractivity contribution in [2.24, 2.45) is 0 Å². The van der Waals surface area contributed by atoms with E-state index in [1.54, 1.807) is 12.1 Å². The maximum Gasteiger partial charge on any atom is 0.256 e. The molecule has 1 fully saturated rings. The van der Waals surface area contributed by atoms with Gasteiger partial charge in [0.15, 0.2) is 25.3 Å². The van der Waals surface area contributed by atoms with Crippen LogP contribution in [0.5, 0.6) is 0 Å². The molecule has 5 rings (SSSR count). The first kappa shape index (κ1) is 21.2. The van der Waals surface area contributed by atoms with Crippen LogP contribution in [0, 0.1) is 0 Å². The Balaban J connectivity index is 1.42. The van der Waals surface area contributed by atoms with Crippen LogP contribution in [0.4, 0.5) is 5.82 Å². The molecule has 3 aromatic rings. The molecule has 1 saturated heterocycles. The van der Waals surface area contributed by atoms with Gasteiger partial charge >= 0.3 is 0 Å². The summed E-state index contributed by atoms with van der Waals surface area (Å²) in [6.45, 7) is 11.3. The third-order valence-electron chi connectivity index (χ3n) is 6.92. The summed E-state index contributed by atoms with van der Waals surface area (Å²) >= 11 is 0. The Bertz CT molecular complexity index is 1170. The van der Waals surface area contributed by atoms with Crippen LogP contribution in [-0.2, 0) is 15.6 Å². The maximum atomic E-state index is 12.6. The van der Waals surface area contributed by atoms with Crippen LogP contribution >= 0.6 is 0 Å². The van der Waals surface area contributed by atoms with Crippen molar-refractivity contribution in [3.05, 3.63) is 48.0 Å². The van der Waals surface area contributed by atoms with Gasteiger partial charge in [-0.2, -0.15) is 0 Å². The number of anilines is 1. The van der Waals surface area contributed by atoms with Crippen LogP contribution in [0.2, 0.25) is 18.1 Å². The summed E-state index contributed by atoms with van der Waals surface area (Å²) in [5, 5.41) is 3.03. The summed E-state index contributed by atoms with van der Waals surface area (Å²) < 4.78 is 15.1. The molecular weight excluding hydrogens is 422 g/mol. The van der Waals surface area contributed by atoms with E-state index in [0.717, 1.165) is 12.2 Å². The minimum absolute atomic E-state index is 0.0197. The number of hydrogen-bond acceptors (Lipinski definition) is 6. The molecule has 168 valence electrons. The lowest BCUT2D eigenvalue weighted by Gasteiger charge is -2.39. The van der Waals surface area contributed by atoms with Crippen molar-refractivity contribution in [1.82, 2.24) is 19.5 Å². The highest BCUT2D eigenvalue weighted by atomic mass is 28.4. The fraction of sp³-hybridized carbons (Fsp3) is 0.478. The number of fused-ring (bicyclic) bond motifs is 6. The molecule has 2 aromatic heterocycles. The molecule has 3 atom stereocenters. The number of nitrogens with one attached hydrogen (secondary N) is 1. The van der Waals surface area contributed by atoms with Gasteiger partial charge < -0.3 is 14.5 Å². The Labute approximate surface area is 188 Å². The average molecular weight is 452 g/mol. The molecule has 0 unspecified atom stereocenters. The first-order chi connectivity index (χ1) is 15.1. The molecular formula is C23H29N5O3Si. The van der Waals surface area contributed by atoms with Crippen molar-refractivity contribution in [3.8, 4) is 0 Å². The molecule has 2 aliphatic rings. The highest BCUT2D eigenvalue weighted by Crippen LogP contribution is 2.44. The number of carbonyl (C=O) groups excluding carboxylic acids is 1. The van der Waals surface area contributed by atoms with Gasteiger partial charge in [0.2, 0.25) is 0 Å². The van der Waals surface area contributed by atoms with Gasteiger partial charge in [-0.15, -0.1) is 0 Å². The van der Waals surface area contributed by atoms with Gasteiger partial charge in [0.25, 0.3) is 5.91 Å². The van der Waals surface area contributed by atoms with E-state index in [-0.39, 0.29) is 29.4 Å². The molecule has 8 nitrogen and oxygen atoms in total. The summed E-state index contributed by atoms with van der Waals surface area (Å²) in [7, 11) is -1.91. The summed E-state index contributed by atoms with van der Waals surface area (Å²) in [6.07, 6.45) is 2.74. The Morgan fingerprint density at radius 2 is 1.97 bits per heavy atom. The smallest absolute Gasteiger partial charge is 0.256 e. The third kappa shape index (κ3) is 3.54. The molecule has 1 N–H and O–H groups in total. The molecule has 4 heterocycles. The van der Waals surface area contributed by atoms with Crippen LogP contribution in [0.3, 0.4) is 0 Å². The standard InChI is InChI=1S/C23H29N5O3Si/c1-23(2,3)32(4,5)31-16-12-18-28-17(11-15(16)30-18)26-19-20(24-13-25-21(19)28)27-22(29)14-9-7-6-8-10-14/h6-10,13,15-16,18H,11-12H2,1-5H3,(H,24,25,27,29)/t15-,16+,18-/m1/s1. The van der Waals surface area contributed by atoms with Crippen LogP contribution in [0.1, 0.15) is 49.6 Å². The molecule has 9 heteroatoms. The quantitative estimate of drug-likeness (QED) is 0.594. The monoisotopic (exact) mass is 451 g/mol. The van der Waals surface area contributed by atoms with Gasteiger partial charge in [-0.3, -0.25) is 9.36 Å². The number of hydrogen-bond donors (Lipinski definition) is 1. The number of benzene rings is 1. The fourth-order valence-electron chi connectivity index (χ4n) is 4.16. The number of rotatable bonds is 4. The number of amides is 1. The molecule has 1 aromatic carbocycles. The predicted molar refractivity (Wildman–Crippen MR) is 124 cm³/mol. The predicted octanol–water partition coefficient (Wildman–Crippen LogP) is 4.31. The number of ether oxygens (including phenoxy) is 1. The number of aromatic nitrogens is 4. The lowest BCUT2D eigenvalue weighted by Crippen LogP contribution is -2.46. The Morgan fingerprint density at radius 1 is 1.22 bits per heavy atom. The minimum Gasteiger partial charge on any atom is -0.411 e. The second kappa shape index (κ2) is 7.46. The van der Waals surface area contributed by atoms with Gasteiger partial charge in [0, 0.05) is 18.4 Å². The molecule has 2 aliphatic heterocycles. The van der Waals surface area contributed by atoms with Crippen LogP contribution in [0.25, 0.3) is 11.2 Å². The summed E-state index contributed by atoms with van der Waals surface area (Å²) in [6, 6.07) is 9.06. The van der Waals surface area contributed by atoms with Gasteiger partial charge in [0.05, 0.1) is 12.2 Å². The number of nitrogens with zero attached hydrogens (tertiary/aromatic N) is 4. The molecule has 32 heavy (non-hydrogen) atoms. The Morgan fingerprint density at radius 3 is 2.69 bits per heavy atom. The summed E-state index contributed by atoms with van der Waals surface area (Å²) in [5.41, 5.74) is 1.83. The molecule has 0 aliphatic carbocycles. The SMILES string of the molecule is CC(C)(C)[Si](C)(C)O[C@H]1C[C@H]2O[C@@H]1Cc1nc3c(NC(=O)c4ccccc4)ncnc3n12. The highest BCUT2D eigenvalue weighted by Gasteiger charge is 2.48. The van der Waals surface area contributed by atoms with E-state index in [1.165, 1.54) is 6.33 Å². The van der Waals surface area contributed by atoms with E-state index in [2.05, 4.69) is 49.1 Å². The Kier molecular flexibility index (Phi) is 4.95. The lowest BCUT2D eigenvalue weighted by molar-refractivity contribution is -0.0344. The second-order valence-electron chi connectivity index (χ2n) is 10.1. The Hall–Kier alpha value is -2.62. The first-order valence-electron chi connectivity index (χ1n) is 11.1. The first-order valence-corrected chi connectivity index (χ1v) is 14.0. The minimum atomic E-state index is -1.91. The molecule has 0 saturated carbocycles. The van der Waals surface area contributed by atoms with Gasteiger partial charge in [-0.25, -0.2) is 15.0 Å². The summed E-state index contributed by atoms with van der Waals surface area (Å²) in [4.78, 5) is 26.2. The van der Waals surface area contributed by atoms with E-state index in [4.69, 9.17) is 14.1 Å². The third-order valence-corrected chi connectivity index (χ3v) is 11.4. The topological polar surface area (TPSA) is 91.2 Å². The van der Waals surface area contributed by atoms with E-state index in [0.29, 0.717) is 29.0 Å². The zero-order chi connectivity index (χ0) is 22.7. The largest absolute Gasteiger partial charge is 0.411 e. The number of carbonyl (C=O) groups is 1. The van der Waals surface area contributed by atoms with Crippen LogP contribution in [-0.4, -0.2) is 46.0 Å². The maximum absolute atomic E-state index is 12.6. The van der Waals surface area contributed by atoms with E-state index >= 15 is 0 Å². The van der Waals surface area contributed by atoms with E-state index in [1.807, 2.05) is 22.8 Å². The van der Waals surface area contributed by atoms with Crippen molar-refractivity contribution in [1.29, 1.82) is 0 Å². The highest BCUT2D eigenvalue weighted by molar-refractivity contribution is 6.74. The van der Waals surface area contributed by atoms with Crippen molar-refractivity contribution in [3.63, 3.8) is 0 Å². The van der Waals surface area contributed by atoms with E-state index < -0.39 is 8.32 Å². The average Bonchev–Trinajstić information content (AvgIpc) is 3.27. The summed E-state index contributed by atoms with van der Waals surface area (Å²) in [5.74, 6) is 1.09. The van der Waals surface area contributed by atoms with Gasteiger partial charge in [0.1, 0.15) is 18.4 Å². The normalized spacial score (nSPS) is 22.7. The zero-order valence-corrected chi connectivity index (χ0v) is 20.1. The second-order valence-corrected chi connectivity index (χ2v) is 14.9. The fourth-order valence-corrected chi connectivity index (χ4v) is 5.52. The molecule has 1 amide bonds. The van der Waals surface area contributed by atoms with Gasteiger partial charge in [-0.05, 0) is 30.3 Å². The van der Waals surface area contributed by atoms with Crippen molar-refractivity contribution in [2.75, 3.05) is 5.32 Å². The van der Waals surface area contributed by atoms with Crippen LogP contribution in [0.15, 0.2) is 36.7 Å². The lowest BCUT2D eigenvalue weighted by atomic mass is 10.1. The van der Waals surface area contributed by atoms with Crippen molar-refractivity contribution in [2.45, 2.75) is 70.2 Å². The van der Waals surface area contributed by atoms with E-state index in [9.17, 15) is 4.79 Å². The molecule has 2 bridgehead atoms. The molecule has 0 spiro atoms. The molecule has 0 radical (unpaired) electrons.